The third kappa shape index (κ3) is 7.04. The maximum Gasteiger partial charge on any atom is 0.255 e. The number of amides is 2. The second-order valence-corrected chi connectivity index (χ2v) is 7.31. The first-order valence-corrected chi connectivity index (χ1v) is 9.33. The molecule has 0 bridgehead atoms. The quantitative estimate of drug-likeness (QED) is 0.677. The Bertz CT molecular complexity index is 812. The fourth-order valence-electron chi connectivity index (χ4n) is 2.44. The van der Waals surface area contributed by atoms with E-state index in [4.69, 9.17) is 9.47 Å². The van der Waals surface area contributed by atoms with Crippen molar-refractivity contribution in [2.75, 3.05) is 25.1 Å². The van der Waals surface area contributed by atoms with E-state index in [1.807, 2.05) is 27.7 Å². The molecule has 0 aliphatic heterocycles. The first-order chi connectivity index (χ1) is 13.3. The average molecular weight is 384 g/mol. The minimum atomic E-state index is -0.334. The summed E-state index contributed by atoms with van der Waals surface area (Å²) in [7, 11) is 0. The topological polar surface area (TPSA) is 76.7 Å². The van der Waals surface area contributed by atoms with Crippen LogP contribution in [-0.4, -0.2) is 37.2 Å². The van der Waals surface area contributed by atoms with Crippen LogP contribution in [0.3, 0.4) is 0 Å². The van der Waals surface area contributed by atoms with Crippen LogP contribution in [-0.2, 0) is 4.74 Å². The molecule has 0 aromatic heterocycles. The molecule has 28 heavy (non-hydrogen) atoms. The Hall–Kier alpha value is -2.86. The largest absolute Gasteiger partial charge is 0.491 e. The minimum absolute atomic E-state index is 0.187. The van der Waals surface area contributed by atoms with Gasteiger partial charge in [-0.2, -0.15) is 0 Å². The summed E-state index contributed by atoms with van der Waals surface area (Å²) in [5, 5.41) is 5.73. The van der Waals surface area contributed by atoms with Gasteiger partial charge in [-0.1, -0.05) is 12.1 Å². The number of anilines is 1. The molecule has 2 rings (SSSR count). The van der Waals surface area contributed by atoms with Crippen LogP contribution in [0.4, 0.5) is 5.69 Å². The van der Waals surface area contributed by atoms with Crippen molar-refractivity contribution in [2.24, 2.45) is 0 Å². The zero-order valence-corrected chi connectivity index (χ0v) is 16.9. The van der Waals surface area contributed by atoms with Crippen LogP contribution in [0.5, 0.6) is 5.75 Å². The Morgan fingerprint density at radius 2 is 1.61 bits per heavy atom. The van der Waals surface area contributed by atoms with Gasteiger partial charge in [0.1, 0.15) is 12.4 Å². The normalized spacial score (nSPS) is 11.0. The van der Waals surface area contributed by atoms with Gasteiger partial charge in [0.2, 0.25) is 0 Å². The van der Waals surface area contributed by atoms with Gasteiger partial charge in [-0.25, -0.2) is 0 Å². The summed E-state index contributed by atoms with van der Waals surface area (Å²) in [6.07, 6.45) is 0. The molecule has 0 aliphatic rings. The lowest BCUT2D eigenvalue weighted by Gasteiger charge is -2.20. The van der Waals surface area contributed by atoms with E-state index in [0.29, 0.717) is 42.4 Å². The van der Waals surface area contributed by atoms with E-state index >= 15 is 0 Å². The summed E-state index contributed by atoms with van der Waals surface area (Å²) < 4.78 is 10.8. The highest BCUT2D eigenvalue weighted by Gasteiger charge is 2.16. The van der Waals surface area contributed by atoms with E-state index in [1.165, 1.54) is 0 Å². The van der Waals surface area contributed by atoms with Gasteiger partial charge < -0.3 is 20.1 Å². The molecule has 0 saturated carbocycles. The molecule has 0 atom stereocenters. The number of hydrogen-bond acceptors (Lipinski definition) is 4. The van der Waals surface area contributed by atoms with Crippen molar-refractivity contribution < 1.29 is 19.1 Å². The lowest BCUT2D eigenvalue weighted by molar-refractivity contribution is 0.0918. The van der Waals surface area contributed by atoms with Crippen LogP contribution in [0, 0.1) is 0 Å². The number of carbonyl (C=O) groups is 2. The molecule has 2 aromatic carbocycles. The van der Waals surface area contributed by atoms with E-state index in [-0.39, 0.29) is 17.4 Å². The van der Waals surface area contributed by atoms with E-state index in [2.05, 4.69) is 10.6 Å². The summed E-state index contributed by atoms with van der Waals surface area (Å²) in [4.78, 5) is 24.9. The second kappa shape index (κ2) is 9.90. The van der Waals surface area contributed by atoms with Gasteiger partial charge in [0.05, 0.1) is 6.61 Å². The molecule has 6 nitrogen and oxygen atoms in total. The molecule has 0 fully saturated rings. The molecular weight excluding hydrogens is 356 g/mol. The maximum atomic E-state index is 12.6. The lowest BCUT2D eigenvalue weighted by Crippen LogP contribution is -2.40. The van der Waals surface area contributed by atoms with Gasteiger partial charge >= 0.3 is 0 Å². The van der Waals surface area contributed by atoms with Crippen molar-refractivity contribution in [1.82, 2.24) is 5.32 Å². The van der Waals surface area contributed by atoms with Crippen molar-refractivity contribution in [3.05, 3.63) is 59.7 Å². The molecule has 0 aliphatic carbocycles. The van der Waals surface area contributed by atoms with Crippen LogP contribution < -0.4 is 15.4 Å². The maximum absolute atomic E-state index is 12.6. The van der Waals surface area contributed by atoms with Gasteiger partial charge in [-0.3, -0.25) is 9.59 Å². The zero-order valence-electron chi connectivity index (χ0n) is 16.9. The Labute approximate surface area is 166 Å². The van der Waals surface area contributed by atoms with E-state index in [1.54, 1.807) is 48.5 Å². The standard InChI is InChI=1S/C22H28N2O4/c1-5-27-12-13-28-19-11-7-9-17(15-19)20(25)23-18-10-6-8-16(14-18)21(26)24-22(2,3)4/h6-11,14-15H,5,12-13H2,1-4H3,(H,23,25)(H,24,26). The highest BCUT2D eigenvalue weighted by molar-refractivity contribution is 6.05. The van der Waals surface area contributed by atoms with Crippen molar-refractivity contribution in [3.63, 3.8) is 0 Å². The number of rotatable bonds is 8. The van der Waals surface area contributed by atoms with Gasteiger partial charge in [-0.05, 0) is 64.1 Å². The number of ether oxygens (including phenoxy) is 2. The summed E-state index contributed by atoms with van der Waals surface area (Å²) in [5.41, 5.74) is 1.17. The SMILES string of the molecule is CCOCCOc1cccc(C(=O)Nc2cccc(C(=O)NC(C)(C)C)c2)c1. The van der Waals surface area contributed by atoms with Crippen molar-refractivity contribution >= 4 is 17.5 Å². The molecule has 6 heteroatoms. The lowest BCUT2D eigenvalue weighted by atomic mass is 10.1. The van der Waals surface area contributed by atoms with Gasteiger partial charge in [0.25, 0.3) is 11.8 Å². The summed E-state index contributed by atoms with van der Waals surface area (Å²) >= 11 is 0. The zero-order chi connectivity index (χ0) is 20.6. The van der Waals surface area contributed by atoms with Gasteiger partial charge in [0.15, 0.2) is 0 Å². The van der Waals surface area contributed by atoms with Crippen molar-refractivity contribution in [2.45, 2.75) is 33.2 Å². The molecule has 0 heterocycles. The predicted molar refractivity (Wildman–Crippen MR) is 110 cm³/mol. The van der Waals surface area contributed by atoms with E-state index < -0.39 is 0 Å². The number of carbonyl (C=O) groups excluding carboxylic acids is 2. The Balaban J connectivity index is 2.03. The number of benzene rings is 2. The fraction of sp³-hybridized carbons (Fsp3) is 0.364. The van der Waals surface area contributed by atoms with Crippen LogP contribution in [0.15, 0.2) is 48.5 Å². The third-order valence-electron chi connectivity index (χ3n) is 3.67. The molecule has 0 unspecified atom stereocenters. The smallest absolute Gasteiger partial charge is 0.255 e. The van der Waals surface area contributed by atoms with Crippen LogP contribution >= 0.6 is 0 Å². The van der Waals surface area contributed by atoms with E-state index in [9.17, 15) is 9.59 Å². The summed E-state index contributed by atoms with van der Waals surface area (Å²) in [5.74, 6) is 0.141. The molecule has 0 radical (unpaired) electrons. The highest BCUT2D eigenvalue weighted by atomic mass is 16.5. The first-order valence-electron chi connectivity index (χ1n) is 9.33. The van der Waals surface area contributed by atoms with Crippen LogP contribution in [0.2, 0.25) is 0 Å². The molecule has 150 valence electrons. The van der Waals surface area contributed by atoms with Crippen molar-refractivity contribution in [1.29, 1.82) is 0 Å². The van der Waals surface area contributed by atoms with Gasteiger partial charge in [0, 0.05) is 29.0 Å². The molecular formula is C22H28N2O4. The summed E-state index contributed by atoms with van der Waals surface area (Å²) in [6, 6.07) is 13.8. The monoisotopic (exact) mass is 384 g/mol. The van der Waals surface area contributed by atoms with E-state index in [0.717, 1.165) is 0 Å². The fourth-order valence-corrected chi connectivity index (χ4v) is 2.44. The molecule has 2 amide bonds. The van der Waals surface area contributed by atoms with Gasteiger partial charge in [-0.15, -0.1) is 0 Å². The highest BCUT2D eigenvalue weighted by Crippen LogP contribution is 2.17. The van der Waals surface area contributed by atoms with Crippen molar-refractivity contribution in [3.8, 4) is 5.75 Å². The Morgan fingerprint density at radius 3 is 2.29 bits per heavy atom. The van der Waals surface area contributed by atoms with Crippen LogP contribution in [0.25, 0.3) is 0 Å². The Morgan fingerprint density at radius 1 is 0.929 bits per heavy atom. The average Bonchev–Trinajstić information content (AvgIpc) is 2.64. The minimum Gasteiger partial charge on any atom is -0.491 e. The second-order valence-electron chi connectivity index (χ2n) is 7.31. The molecule has 2 N–H and O–H groups in total. The predicted octanol–water partition coefficient (Wildman–Crippen LogP) is 3.88. The molecule has 0 spiro atoms. The Kier molecular flexibility index (Phi) is 7.58. The van der Waals surface area contributed by atoms with Crippen LogP contribution in [0.1, 0.15) is 48.4 Å². The third-order valence-corrected chi connectivity index (χ3v) is 3.67. The first kappa shape index (κ1) is 21.4. The molecule has 0 saturated heterocycles. The number of nitrogens with one attached hydrogen (secondary N) is 2. The molecule has 2 aromatic rings. The number of hydrogen-bond donors (Lipinski definition) is 2. The summed E-state index contributed by atoms with van der Waals surface area (Å²) in [6.45, 7) is 9.23.